The predicted octanol–water partition coefficient (Wildman–Crippen LogP) is 9.24. The van der Waals surface area contributed by atoms with E-state index in [9.17, 15) is 0 Å². The van der Waals surface area contributed by atoms with E-state index < -0.39 is 0 Å². The van der Waals surface area contributed by atoms with E-state index in [2.05, 4.69) is 100 Å². The van der Waals surface area contributed by atoms with Crippen LogP contribution in [0, 0.1) is 12.8 Å². The molecule has 0 spiro atoms. The van der Waals surface area contributed by atoms with Crippen molar-refractivity contribution in [2.75, 3.05) is 0 Å². The fraction of sp³-hybridized carbons (Fsp3) is 0.300. The SMILES string of the molecule is C=C(CC(C)C)C1=C(C)C(c2ccccc2)C(c2csc(-c3ccc(C)cc3)n2)=C1.CC. The normalized spacial score (nSPS) is 15.5. The summed E-state index contributed by atoms with van der Waals surface area (Å²) >= 11 is 1.72. The molecule has 4 rings (SSSR count). The van der Waals surface area contributed by atoms with Gasteiger partial charge in [-0.3, -0.25) is 0 Å². The van der Waals surface area contributed by atoms with Crippen LogP contribution in [0.5, 0.6) is 0 Å². The second-order valence-corrected chi connectivity index (χ2v) is 9.50. The zero-order valence-corrected chi connectivity index (χ0v) is 21.1. The Morgan fingerprint density at radius 3 is 2.28 bits per heavy atom. The minimum absolute atomic E-state index is 0.234. The standard InChI is InChI=1S/C28H29NS.C2H6/c1-18(2)15-20(4)24-16-25(27(21(24)5)22-9-7-6-8-10-22)26-17-30-28(29-26)23-13-11-19(3)12-14-23;1-2/h6-14,16-18,27H,4,15H2,1-3,5H3;1-2H3. The molecule has 0 fully saturated rings. The Hall–Kier alpha value is -2.71. The highest BCUT2D eigenvalue weighted by molar-refractivity contribution is 7.13. The molecule has 2 heteroatoms. The number of thiazole rings is 1. The Morgan fingerprint density at radius 1 is 1.00 bits per heavy atom. The van der Waals surface area contributed by atoms with Crippen LogP contribution in [0.2, 0.25) is 0 Å². The first-order chi connectivity index (χ1) is 15.4. The summed E-state index contributed by atoms with van der Waals surface area (Å²) in [6, 6.07) is 19.4. The maximum atomic E-state index is 5.05. The van der Waals surface area contributed by atoms with Crippen molar-refractivity contribution >= 4 is 16.9 Å². The van der Waals surface area contributed by atoms with E-state index in [1.165, 1.54) is 39.0 Å². The Kier molecular flexibility index (Phi) is 8.04. The van der Waals surface area contributed by atoms with Crippen LogP contribution in [0.4, 0.5) is 0 Å². The van der Waals surface area contributed by atoms with Crippen molar-refractivity contribution in [3.8, 4) is 10.6 Å². The van der Waals surface area contributed by atoms with Gasteiger partial charge in [0.05, 0.1) is 5.69 Å². The van der Waals surface area contributed by atoms with Crippen molar-refractivity contribution in [2.45, 2.75) is 53.9 Å². The number of hydrogen-bond acceptors (Lipinski definition) is 2. The van der Waals surface area contributed by atoms with E-state index in [4.69, 9.17) is 4.98 Å². The predicted molar refractivity (Wildman–Crippen MR) is 142 cm³/mol. The lowest BCUT2D eigenvalue weighted by atomic mass is 9.86. The van der Waals surface area contributed by atoms with E-state index in [0.717, 1.165) is 17.1 Å². The molecule has 1 aliphatic rings. The number of benzene rings is 2. The van der Waals surface area contributed by atoms with Gasteiger partial charge in [-0.15, -0.1) is 11.3 Å². The Morgan fingerprint density at radius 2 is 1.66 bits per heavy atom. The molecule has 1 heterocycles. The van der Waals surface area contributed by atoms with Crippen molar-refractivity contribution in [3.05, 3.63) is 106 Å². The summed E-state index contributed by atoms with van der Waals surface area (Å²) in [6.45, 7) is 17.3. The van der Waals surface area contributed by atoms with Crippen LogP contribution < -0.4 is 0 Å². The van der Waals surface area contributed by atoms with Gasteiger partial charge < -0.3 is 0 Å². The molecule has 3 aromatic rings. The third kappa shape index (κ3) is 5.19. The molecular weight excluding hydrogens is 406 g/mol. The number of aryl methyl sites for hydroxylation is 1. The van der Waals surface area contributed by atoms with Gasteiger partial charge in [-0.1, -0.05) is 100 Å². The highest BCUT2D eigenvalue weighted by Gasteiger charge is 2.30. The van der Waals surface area contributed by atoms with E-state index >= 15 is 0 Å². The zero-order chi connectivity index (χ0) is 23.3. The van der Waals surface area contributed by atoms with Gasteiger partial charge in [-0.2, -0.15) is 0 Å². The molecule has 1 nitrogen and oxygen atoms in total. The third-order valence-corrected chi connectivity index (χ3v) is 6.63. The first-order valence-electron chi connectivity index (χ1n) is 11.6. The van der Waals surface area contributed by atoms with Gasteiger partial charge in [-0.05, 0) is 54.5 Å². The van der Waals surface area contributed by atoms with Gasteiger partial charge in [0.25, 0.3) is 0 Å². The van der Waals surface area contributed by atoms with Crippen molar-refractivity contribution in [1.82, 2.24) is 4.98 Å². The van der Waals surface area contributed by atoms with Crippen LogP contribution in [0.15, 0.2) is 89.4 Å². The minimum Gasteiger partial charge on any atom is -0.236 e. The first-order valence-corrected chi connectivity index (χ1v) is 12.5. The van der Waals surface area contributed by atoms with Crippen molar-refractivity contribution < 1.29 is 0 Å². The largest absolute Gasteiger partial charge is 0.236 e. The summed E-state index contributed by atoms with van der Waals surface area (Å²) in [5.41, 5.74) is 10.0. The van der Waals surface area contributed by atoms with Crippen LogP contribution >= 0.6 is 11.3 Å². The van der Waals surface area contributed by atoms with Crippen molar-refractivity contribution in [3.63, 3.8) is 0 Å². The van der Waals surface area contributed by atoms with Crippen LogP contribution in [0.3, 0.4) is 0 Å². The Bertz CT molecular complexity index is 1110. The number of allylic oxidation sites excluding steroid dienone is 5. The molecule has 0 bridgehead atoms. The maximum Gasteiger partial charge on any atom is 0.124 e. The molecule has 0 saturated heterocycles. The molecule has 1 aliphatic carbocycles. The molecule has 0 N–H and O–H groups in total. The van der Waals surface area contributed by atoms with Gasteiger partial charge in [0.1, 0.15) is 5.01 Å². The summed E-state index contributed by atoms with van der Waals surface area (Å²) in [6.07, 6.45) is 3.36. The molecular formula is C30H35NS. The van der Waals surface area contributed by atoms with Gasteiger partial charge in [-0.25, -0.2) is 4.98 Å². The molecule has 0 aliphatic heterocycles. The van der Waals surface area contributed by atoms with Crippen molar-refractivity contribution in [2.24, 2.45) is 5.92 Å². The zero-order valence-electron chi connectivity index (χ0n) is 20.3. The summed E-state index contributed by atoms with van der Waals surface area (Å²) in [4.78, 5) is 5.05. The molecule has 2 aromatic carbocycles. The minimum atomic E-state index is 0.234. The van der Waals surface area contributed by atoms with Crippen LogP contribution in [0.1, 0.15) is 63.8 Å². The summed E-state index contributed by atoms with van der Waals surface area (Å²) < 4.78 is 0. The highest BCUT2D eigenvalue weighted by atomic mass is 32.1. The second-order valence-electron chi connectivity index (χ2n) is 8.65. The summed E-state index contributed by atoms with van der Waals surface area (Å²) in [5, 5.41) is 3.28. The Labute approximate surface area is 198 Å². The van der Waals surface area contributed by atoms with Gasteiger partial charge >= 0.3 is 0 Å². The monoisotopic (exact) mass is 441 g/mol. The van der Waals surface area contributed by atoms with Crippen LogP contribution in [-0.2, 0) is 0 Å². The fourth-order valence-corrected chi connectivity index (χ4v) is 5.09. The van der Waals surface area contributed by atoms with E-state index in [-0.39, 0.29) is 5.92 Å². The maximum absolute atomic E-state index is 5.05. The molecule has 1 atom stereocenters. The van der Waals surface area contributed by atoms with Gasteiger partial charge in [0, 0.05) is 16.9 Å². The van der Waals surface area contributed by atoms with E-state index in [1.54, 1.807) is 11.3 Å². The van der Waals surface area contributed by atoms with Crippen molar-refractivity contribution in [1.29, 1.82) is 0 Å². The summed E-state index contributed by atoms with van der Waals surface area (Å²) in [7, 11) is 0. The smallest absolute Gasteiger partial charge is 0.124 e. The third-order valence-electron chi connectivity index (χ3n) is 5.74. The molecule has 1 aromatic heterocycles. The fourth-order valence-electron chi connectivity index (χ4n) is 4.26. The lowest BCUT2D eigenvalue weighted by molar-refractivity contribution is 0.648. The molecule has 1 unspecified atom stereocenters. The lowest BCUT2D eigenvalue weighted by Gasteiger charge is -2.17. The first kappa shape index (κ1) is 23.9. The Balaban J connectivity index is 0.00000141. The van der Waals surface area contributed by atoms with Crippen LogP contribution in [0.25, 0.3) is 16.1 Å². The topological polar surface area (TPSA) is 12.9 Å². The number of aromatic nitrogens is 1. The second kappa shape index (κ2) is 10.7. The van der Waals surface area contributed by atoms with Gasteiger partial charge in [0.15, 0.2) is 0 Å². The molecule has 32 heavy (non-hydrogen) atoms. The molecule has 0 radical (unpaired) electrons. The van der Waals surface area contributed by atoms with E-state index in [1.807, 2.05) is 13.8 Å². The summed E-state index contributed by atoms with van der Waals surface area (Å²) in [5.74, 6) is 0.830. The molecule has 0 saturated carbocycles. The quantitative estimate of drug-likeness (QED) is 0.371. The average molecular weight is 442 g/mol. The number of rotatable bonds is 6. The van der Waals surface area contributed by atoms with E-state index in [0.29, 0.717) is 5.92 Å². The number of hydrogen-bond donors (Lipinski definition) is 0. The van der Waals surface area contributed by atoms with Crippen LogP contribution in [-0.4, -0.2) is 4.98 Å². The highest BCUT2D eigenvalue weighted by Crippen LogP contribution is 2.47. The average Bonchev–Trinajstić information content (AvgIpc) is 3.41. The number of nitrogens with zero attached hydrogens (tertiary/aromatic N) is 1. The lowest BCUT2D eigenvalue weighted by Crippen LogP contribution is -2.01. The molecule has 166 valence electrons. The molecule has 0 amide bonds. The van der Waals surface area contributed by atoms with Gasteiger partial charge in [0.2, 0.25) is 0 Å².